The molecule has 36 heavy (non-hydrogen) atoms. The van der Waals surface area contributed by atoms with Gasteiger partial charge in [-0.25, -0.2) is 8.42 Å². The smallest absolute Gasteiger partial charge is 0.244 e. The van der Waals surface area contributed by atoms with Crippen molar-refractivity contribution in [2.45, 2.75) is 46.7 Å². The lowest BCUT2D eigenvalue weighted by atomic mass is 10.1. The zero-order valence-corrected chi connectivity index (χ0v) is 24.1. The fourth-order valence-electron chi connectivity index (χ4n) is 3.53. The zero-order chi connectivity index (χ0) is 27.2. The molecule has 198 valence electrons. The molecule has 1 N–H and O–H groups in total. The molecule has 11 heteroatoms. The van der Waals surface area contributed by atoms with Crippen molar-refractivity contribution in [1.29, 1.82) is 0 Å². The molecule has 0 saturated carbocycles. The maximum atomic E-state index is 13.7. The van der Waals surface area contributed by atoms with E-state index in [-0.39, 0.29) is 24.1 Å². The molecule has 0 saturated heterocycles. The fraction of sp³-hybridized carbons (Fsp3) is 0.440. The predicted octanol–water partition coefficient (Wildman–Crippen LogP) is 5.30. The van der Waals surface area contributed by atoms with E-state index in [4.69, 9.17) is 34.8 Å². The third kappa shape index (κ3) is 8.26. The Hall–Kier alpha value is -2.00. The minimum Gasteiger partial charge on any atom is -0.354 e. The highest BCUT2D eigenvalue weighted by atomic mass is 35.5. The Labute approximate surface area is 228 Å². The van der Waals surface area contributed by atoms with Gasteiger partial charge in [-0.05, 0) is 54.7 Å². The molecule has 0 aliphatic rings. The van der Waals surface area contributed by atoms with Gasteiger partial charge in [0.1, 0.15) is 12.6 Å². The number of hydrogen-bond acceptors (Lipinski definition) is 4. The topological polar surface area (TPSA) is 86.8 Å². The van der Waals surface area contributed by atoms with Crippen LogP contribution in [0.1, 0.15) is 38.3 Å². The maximum absolute atomic E-state index is 13.7. The van der Waals surface area contributed by atoms with Gasteiger partial charge in [-0.3, -0.25) is 13.9 Å². The van der Waals surface area contributed by atoms with Gasteiger partial charge in [0.2, 0.25) is 21.8 Å². The van der Waals surface area contributed by atoms with Crippen molar-refractivity contribution in [1.82, 2.24) is 10.2 Å². The van der Waals surface area contributed by atoms with E-state index >= 15 is 0 Å². The molecule has 0 aliphatic heterocycles. The van der Waals surface area contributed by atoms with Crippen LogP contribution in [0, 0.1) is 12.8 Å². The van der Waals surface area contributed by atoms with Crippen molar-refractivity contribution in [3.8, 4) is 0 Å². The van der Waals surface area contributed by atoms with E-state index < -0.39 is 28.5 Å². The fourth-order valence-corrected chi connectivity index (χ4v) is 5.01. The summed E-state index contributed by atoms with van der Waals surface area (Å²) in [5, 5.41) is 4.01. The van der Waals surface area contributed by atoms with Crippen LogP contribution in [0.4, 0.5) is 5.69 Å². The first-order valence-corrected chi connectivity index (χ1v) is 14.5. The molecular weight excluding hydrogens is 545 g/mol. The van der Waals surface area contributed by atoms with Crippen LogP contribution in [-0.2, 0) is 26.2 Å². The molecule has 0 aliphatic carbocycles. The van der Waals surface area contributed by atoms with Crippen LogP contribution < -0.4 is 9.62 Å². The SMILES string of the molecule is CC[C@@H](C(=O)NCC(C)C)N(Cc1ccc(Cl)cc1Cl)C(=O)CN(c1ccc(C)c(Cl)c1)S(C)(=O)=O. The van der Waals surface area contributed by atoms with Gasteiger partial charge in [0, 0.05) is 28.2 Å². The van der Waals surface area contributed by atoms with Crippen LogP contribution >= 0.6 is 34.8 Å². The molecule has 0 fully saturated rings. The molecule has 7 nitrogen and oxygen atoms in total. The number of nitrogens with zero attached hydrogens (tertiary/aromatic N) is 2. The summed E-state index contributed by atoms with van der Waals surface area (Å²) >= 11 is 18.6. The average Bonchev–Trinajstić information content (AvgIpc) is 2.78. The first-order chi connectivity index (χ1) is 16.7. The number of anilines is 1. The van der Waals surface area contributed by atoms with E-state index in [0.29, 0.717) is 33.6 Å². The molecule has 2 aromatic carbocycles. The monoisotopic (exact) mass is 575 g/mol. The van der Waals surface area contributed by atoms with Gasteiger partial charge < -0.3 is 10.2 Å². The van der Waals surface area contributed by atoms with Crippen LogP contribution in [0.25, 0.3) is 0 Å². The summed E-state index contributed by atoms with van der Waals surface area (Å²) in [6, 6.07) is 8.80. The number of amides is 2. The highest BCUT2D eigenvalue weighted by Gasteiger charge is 2.32. The molecule has 2 aromatic rings. The second kappa shape index (κ2) is 13.0. The van der Waals surface area contributed by atoms with Gasteiger partial charge in [-0.1, -0.05) is 67.7 Å². The normalized spacial score (nSPS) is 12.4. The molecule has 2 amide bonds. The molecule has 1 atom stereocenters. The highest BCUT2D eigenvalue weighted by molar-refractivity contribution is 7.92. The first-order valence-electron chi connectivity index (χ1n) is 11.5. The summed E-state index contributed by atoms with van der Waals surface area (Å²) in [7, 11) is -3.85. The van der Waals surface area contributed by atoms with E-state index in [2.05, 4.69) is 5.32 Å². The van der Waals surface area contributed by atoms with Gasteiger partial charge >= 0.3 is 0 Å². The Morgan fingerprint density at radius 3 is 2.22 bits per heavy atom. The molecule has 2 rings (SSSR count). The number of benzene rings is 2. The van der Waals surface area contributed by atoms with Crippen LogP contribution in [0.3, 0.4) is 0 Å². The van der Waals surface area contributed by atoms with Crippen molar-refractivity contribution in [2.75, 3.05) is 23.7 Å². The van der Waals surface area contributed by atoms with Gasteiger partial charge in [-0.15, -0.1) is 0 Å². The quantitative estimate of drug-likeness (QED) is 0.393. The third-order valence-electron chi connectivity index (χ3n) is 5.55. The van der Waals surface area contributed by atoms with E-state index in [1.807, 2.05) is 13.8 Å². The van der Waals surface area contributed by atoms with Crippen molar-refractivity contribution < 1.29 is 18.0 Å². The second-order valence-corrected chi connectivity index (χ2v) is 12.2. The van der Waals surface area contributed by atoms with E-state index in [9.17, 15) is 18.0 Å². The van der Waals surface area contributed by atoms with E-state index in [1.165, 1.54) is 11.0 Å². The lowest BCUT2D eigenvalue weighted by molar-refractivity contribution is -0.140. The van der Waals surface area contributed by atoms with Crippen molar-refractivity contribution >= 4 is 62.3 Å². The largest absolute Gasteiger partial charge is 0.354 e. The van der Waals surface area contributed by atoms with Crippen molar-refractivity contribution in [3.63, 3.8) is 0 Å². The standard InChI is InChI=1S/C25H32Cl3N3O4S/c1-6-23(25(33)29-13-16(2)3)30(14-18-8-9-19(26)11-22(18)28)24(32)15-31(36(5,34)35)20-10-7-17(4)21(27)12-20/h7-12,16,23H,6,13-15H2,1-5H3,(H,29,33)/t23-/m0/s1. The van der Waals surface area contributed by atoms with Crippen LogP contribution in [0.15, 0.2) is 36.4 Å². The Balaban J connectivity index is 2.48. The van der Waals surface area contributed by atoms with Crippen LogP contribution in [0.5, 0.6) is 0 Å². The van der Waals surface area contributed by atoms with E-state index in [1.54, 1.807) is 44.2 Å². The van der Waals surface area contributed by atoms with Gasteiger partial charge in [0.05, 0.1) is 11.9 Å². The molecule has 0 radical (unpaired) electrons. The number of nitrogens with one attached hydrogen (secondary N) is 1. The molecule has 0 spiro atoms. The number of hydrogen-bond donors (Lipinski definition) is 1. The van der Waals surface area contributed by atoms with Gasteiger partial charge in [0.15, 0.2) is 0 Å². The van der Waals surface area contributed by atoms with Gasteiger partial charge in [-0.2, -0.15) is 0 Å². The predicted molar refractivity (Wildman–Crippen MR) is 147 cm³/mol. The third-order valence-corrected chi connectivity index (χ3v) is 7.68. The number of carbonyl (C=O) groups is 2. The second-order valence-electron chi connectivity index (χ2n) is 9.02. The Kier molecular flexibility index (Phi) is 10.9. The Bertz CT molecular complexity index is 1210. The molecular formula is C25H32Cl3N3O4S. The highest BCUT2D eigenvalue weighted by Crippen LogP contribution is 2.27. The molecule has 0 unspecified atom stereocenters. The summed E-state index contributed by atoms with van der Waals surface area (Å²) in [5.41, 5.74) is 1.60. The minimum atomic E-state index is -3.85. The van der Waals surface area contributed by atoms with Crippen molar-refractivity contribution in [3.05, 3.63) is 62.6 Å². The Morgan fingerprint density at radius 2 is 1.69 bits per heavy atom. The number of rotatable bonds is 11. The number of halogens is 3. The maximum Gasteiger partial charge on any atom is 0.244 e. The summed E-state index contributed by atoms with van der Waals surface area (Å²) in [5.74, 6) is -0.670. The lowest BCUT2D eigenvalue weighted by Crippen LogP contribution is -2.52. The summed E-state index contributed by atoms with van der Waals surface area (Å²) in [4.78, 5) is 28.1. The van der Waals surface area contributed by atoms with Crippen LogP contribution in [0.2, 0.25) is 15.1 Å². The zero-order valence-electron chi connectivity index (χ0n) is 21.0. The number of aryl methyl sites for hydroxylation is 1. The summed E-state index contributed by atoms with van der Waals surface area (Å²) in [6.45, 7) is 7.43. The van der Waals surface area contributed by atoms with Crippen LogP contribution in [-0.4, -0.2) is 50.5 Å². The average molecular weight is 577 g/mol. The number of carbonyl (C=O) groups excluding carboxylic acids is 2. The summed E-state index contributed by atoms with van der Waals surface area (Å²) in [6.07, 6.45) is 1.33. The molecule has 0 heterocycles. The Morgan fingerprint density at radius 1 is 1.03 bits per heavy atom. The van der Waals surface area contributed by atoms with Gasteiger partial charge in [0.25, 0.3) is 0 Å². The molecule has 0 aromatic heterocycles. The first kappa shape index (κ1) is 30.2. The molecule has 0 bridgehead atoms. The lowest BCUT2D eigenvalue weighted by Gasteiger charge is -2.33. The van der Waals surface area contributed by atoms with Crippen molar-refractivity contribution in [2.24, 2.45) is 5.92 Å². The minimum absolute atomic E-state index is 0.00526. The number of sulfonamides is 1. The summed E-state index contributed by atoms with van der Waals surface area (Å²) < 4.78 is 26.3. The van der Waals surface area contributed by atoms with E-state index in [0.717, 1.165) is 16.1 Å².